The molecule has 0 radical (unpaired) electrons. The summed E-state index contributed by atoms with van der Waals surface area (Å²) < 4.78 is 0. The number of aromatic nitrogens is 1. The summed E-state index contributed by atoms with van der Waals surface area (Å²) in [6, 6.07) is 3.40. The number of nitrogens with two attached hydrogens (primary N) is 1. The molecule has 2 rings (SSSR count). The number of hydrogen-bond acceptors (Lipinski definition) is 5. The van der Waals surface area contributed by atoms with Crippen molar-refractivity contribution >= 4 is 11.5 Å². The highest BCUT2D eigenvalue weighted by Gasteiger charge is 2.38. The van der Waals surface area contributed by atoms with Gasteiger partial charge in [0.2, 0.25) is 0 Å². The van der Waals surface area contributed by atoms with Gasteiger partial charge in [-0.2, -0.15) is 0 Å². The van der Waals surface area contributed by atoms with Crippen molar-refractivity contribution in [3.63, 3.8) is 0 Å². The fourth-order valence-electron chi connectivity index (χ4n) is 2.86. The summed E-state index contributed by atoms with van der Waals surface area (Å²) in [6.07, 6.45) is 5.76. The number of rotatable bonds is 4. The molecule has 0 saturated heterocycles. The molecule has 1 aromatic heterocycles. The number of hydrogen-bond donors (Lipinski definition) is 2. The first-order valence-corrected chi connectivity index (χ1v) is 6.67. The lowest BCUT2D eigenvalue weighted by molar-refractivity contribution is -0.388. The highest BCUT2D eigenvalue weighted by atomic mass is 16.6. The topological polar surface area (TPSA) is 94.1 Å². The maximum atomic E-state index is 11.0. The van der Waals surface area contributed by atoms with Gasteiger partial charge in [0.15, 0.2) is 0 Å². The molecule has 1 fully saturated rings. The second-order valence-corrected chi connectivity index (χ2v) is 5.26. The van der Waals surface area contributed by atoms with E-state index in [1.165, 1.54) is 12.6 Å². The van der Waals surface area contributed by atoms with E-state index in [-0.39, 0.29) is 11.4 Å². The number of nitro groups is 1. The van der Waals surface area contributed by atoms with E-state index in [4.69, 9.17) is 5.73 Å². The van der Waals surface area contributed by atoms with Crippen LogP contribution in [0.2, 0.25) is 0 Å². The number of pyridine rings is 1. The molecule has 1 saturated carbocycles. The van der Waals surface area contributed by atoms with E-state index in [0.29, 0.717) is 18.2 Å². The lowest BCUT2D eigenvalue weighted by atomic mass is 9.73. The van der Waals surface area contributed by atoms with Crippen molar-refractivity contribution < 1.29 is 4.92 Å². The van der Waals surface area contributed by atoms with Gasteiger partial charge in [-0.25, -0.2) is 0 Å². The van der Waals surface area contributed by atoms with Gasteiger partial charge in [0, 0.05) is 6.54 Å². The molecule has 0 aliphatic heterocycles. The van der Waals surface area contributed by atoms with E-state index >= 15 is 0 Å². The standard InChI is InChI=1S/C13H20N4O2/c1-10-5-2-3-7-13(10,9-14)16-11-6-4-8-15-12(11)17(18)19/h4,6,8,10,16H,2-3,5,7,9,14H2,1H3. The Morgan fingerprint density at radius 3 is 3.05 bits per heavy atom. The minimum atomic E-state index is -0.458. The lowest BCUT2D eigenvalue weighted by Crippen LogP contribution is -2.52. The molecule has 3 N–H and O–H groups in total. The Morgan fingerprint density at radius 2 is 2.42 bits per heavy atom. The van der Waals surface area contributed by atoms with Crippen LogP contribution < -0.4 is 11.1 Å². The van der Waals surface area contributed by atoms with Crippen molar-refractivity contribution in [3.05, 3.63) is 28.4 Å². The van der Waals surface area contributed by atoms with Crippen LogP contribution in [0.5, 0.6) is 0 Å². The summed E-state index contributed by atoms with van der Waals surface area (Å²) in [5, 5.41) is 14.3. The van der Waals surface area contributed by atoms with Gasteiger partial charge in [-0.05, 0) is 40.8 Å². The highest BCUT2D eigenvalue weighted by Crippen LogP contribution is 2.37. The number of nitrogens with one attached hydrogen (secondary N) is 1. The molecular weight excluding hydrogens is 244 g/mol. The smallest absolute Gasteiger partial charge is 0.371 e. The summed E-state index contributed by atoms with van der Waals surface area (Å²) in [5.74, 6) is 0.263. The second kappa shape index (κ2) is 5.52. The van der Waals surface area contributed by atoms with Crippen molar-refractivity contribution in [1.82, 2.24) is 4.98 Å². The summed E-state index contributed by atoms with van der Waals surface area (Å²) >= 11 is 0. The van der Waals surface area contributed by atoms with Gasteiger partial charge < -0.3 is 21.2 Å². The van der Waals surface area contributed by atoms with Gasteiger partial charge in [-0.3, -0.25) is 0 Å². The minimum absolute atomic E-state index is 0.131. The van der Waals surface area contributed by atoms with Crippen molar-refractivity contribution in [3.8, 4) is 0 Å². The van der Waals surface area contributed by atoms with E-state index in [9.17, 15) is 10.1 Å². The second-order valence-electron chi connectivity index (χ2n) is 5.26. The third kappa shape index (κ3) is 2.68. The molecule has 6 heteroatoms. The lowest BCUT2D eigenvalue weighted by Gasteiger charge is -2.43. The maximum Gasteiger partial charge on any atom is 0.386 e. The maximum absolute atomic E-state index is 11.0. The van der Waals surface area contributed by atoms with E-state index < -0.39 is 4.92 Å². The molecule has 1 heterocycles. The Labute approximate surface area is 112 Å². The molecule has 0 bridgehead atoms. The molecule has 1 aliphatic carbocycles. The molecule has 104 valence electrons. The largest absolute Gasteiger partial charge is 0.386 e. The van der Waals surface area contributed by atoms with Crippen LogP contribution in [-0.4, -0.2) is 22.0 Å². The van der Waals surface area contributed by atoms with Gasteiger partial charge in [0.05, 0.1) is 5.54 Å². The molecule has 19 heavy (non-hydrogen) atoms. The van der Waals surface area contributed by atoms with Gasteiger partial charge in [0.1, 0.15) is 11.9 Å². The Balaban J connectivity index is 2.30. The summed E-state index contributed by atoms with van der Waals surface area (Å²) in [5.41, 5.74) is 6.16. The first-order valence-electron chi connectivity index (χ1n) is 6.67. The average Bonchev–Trinajstić information content (AvgIpc) is 2.42. The third-order valence-corrected chi connectivity index (χ3v) is 4.16. The van der Waals surface area contributed by atoms with Crippen LogP contribution in [0.1, 0.15) is 32.6 Å². The Morgan fingerprint density at radius 1 is 1.63 bits per heavy atom. The Hall–Kier alpha value is -1.69. The first kappa shape index (κ1) is 13.7. The molecule has 0 spiro atoms. The average molecular weight is 264 g/mol. The first-order chi connectivity index (χ1) is 9.09. The third-order valence-electron chi connectivity index (χ3n) is 4.16. The quantitative estimate of drug-likeness (QED) is 0.642. The molecule has 2 atom stereocenters. The predicted octanol–water partition coefficient (Wildman–Crippen LogP) is 2.31. The van der Waals surface area contributed by atoms with Gasteiger partial charge in [-0.15, -0.1) is 0 Å². The van der Waals surface area contributed by atoms with Crippen molar-refractivity contribution in [2.75, 3.05) is 11.9 Å². The van der Waals surface area contributed by atoms with Crippen LogP contribution in [0.15, 0.2) is 18.3 Å². The molecular formula is C13H20N4O2. The fraction of sp³-hybridized carbons (Fsp3) is 0.615. The van der Waals surface area contributed by atoms with Crippen LogP contribution >= 0.6 is 0 Å². The SMILES string of the molecule is CC1CCCCC1(CN)Nc1cccnc1[N+](=O)[O-]. The number of anilines is 1. The molecule has 0 aromatic carbocycles. The summed E-state index contributed by atoms with van der Waals surface area (Å²) in [6.45, 7) is 2.63. The van der Waals surface area contributed by atoms with Gasteiger partial charge in [0.25, 0.3) is 0 Å². The van der Waals surface area contributed by atoms with Crippen LogP contribution in [-0.2, 0) is 0 Å². The monoisotopic (exact) mass is 264 g/mol. The zero-order chi connectivity index (χ0) is 13.9. The van der Waals surface area contributed by atoms with E-state index in [2.05, 4.69) is 17.2 Å². The predicted molar refractivity (Wildman–Crippen MR) is 73.9 cm³/mol. The van der Waals surface area contributed by atoms with Crippen LogP contribution in [0, 0.1) is 16.0 Å². The number of nitrogens with zero attached hydrogens (tertiary/aromatic N) is 2. The Kier molecular flexibility index (Phi) is 3.99. The van der Waals surface area contributed by atoms with E-state index in [1.807, 2.05) is 0 Å². The molecule has 2 unspecified atom stereocenters. The summed E-state index contributed by atoms with van der Waals surface area (Å²) in [4.78, 5) is 14.4. The normalized spacial score (nSPS) is 26.9. The molecule has 0 amide bonds. The van der Waals surface area contributed by atoms with Crippen LogP contribution in [0.3, 0.4) is 0 Å². The van der Waals surface area contributed by atoms with Gasteiger partial charge >= 0.3 is 5.82 Å². The zero-order valence-corrected chi connectivity index (χ0v) is 11.1. The molecule has 6 nitrogen and oxygen atoms in total. The minimum Gasteiger partial charge on any atom is -0.371 e. The summed E-state index contributed by atoms with van der Waals surface area (Å²) in [7, 11) is 0. The highest BCUT2D eigenvalue weighted by molar-refractivity contribution is 5.58. The van der Waals surface area contributed by atoms with Crippen molar-refractivity contribution in [2.24, 2.45) is 11.7 Å². The van der Waals surface area contributed by atoms with E-state index in [1.54, 1.807) is 12.1 Å². The van der Waals surface area contributed by atoms with Crippen LogP contribution in [0.25, 0.3) is 0 Å². The van der Waals surface area contributed by atoms with Crippen molar-refractivity contribution in [1.29, 1.82) is 0 Å². The van der Waals surface area contributed by atoms with E-state index in [0.717, 1.165) is 19.3 Å². The van der Waals surface area contributed by atoms with Crippen molar-refractivity contribution in [2.45, 2.75) is 38.1 Å². The van der Waals surface area contributed by atoms with Crippen LogP contribution in [0.4, 0.5) is 11.5 Å². The molecule has 1 aromatic rings. The molecule has 1 aliphatic rings. The fourth-order valence-corrected chi connectivity index (χ4v) is 2.86. The van der Waals surface area contributed by atoms with Gasteiger partial charge in [-0.1, -0.05) is 19.8 Å². The zero-order valence-electron chi connectivity index (χ0n) is 11.1. The Bertz CT molecular complexity index is 466.